The summed E-state index contributed by atoms with van der Waals surface area (Å²) in [6.07, 6.45) is -1.25. The molecule has 0 aliphatic carbocycles. The zero-order valence-electron chi connectivity index (χ0n) is 9.98. The summed E-state index contributed by atoms with van der Waals surface area (Å²) in [4.78, 5) is 35.7. The van der Waals surface area contributed by atoms with E-state index in [1.165, 1.54) is 6.07 Å². The molecule has 0 spiro atoms. The average molecular weight is 299 g/mol. The number of hydrogen-bond donors (Lipinski definition) is 1. The molecule has 1 fully saturated rings. The van der Waals surface area contributed by atoms with Crippen molar-refractivity contribution in [2.24, 2.45) is 0 Å². The van der Waals surface area contributed by atoms with Gasteiger partial charge in [0, 0.05) is 0 Å². The Morgan fingerprint density at radius 3 is 2.80 bits per heavy atom. The molecule has 1 atom stereocenters. The molecule has 20 heavy (non-hydrogen) atoms. The van der Waals surface area contributed by atoms with Crippen LogP contribution >= 0.6 is 11.6 Å². The number of carbonyl (C=O) groups is 3. The average Bonchev–Trinajstić information content (AvgIpc) is 2.92. The molecule has 2 amide bonds. The third-order valence-corrected chi connectivity index (χ3v) is 3.46. The van der Waals surface area contributed by atoms with Gasteiger partial charge in [-0.3, -0.25) is 14.5 Å². The summed E-state index contributed by atoms with van der Waals surface area (Å²) in [6, 6.07) is 2.31. The van der Waals surface area contributed by atoms with Crippen molar-refractivity contribution in [3.8, 4) is 0 Å². The van der Waals surface area contributed by atoms with Crippen molar-refractivity contribution < 1.29 is 23.5 Å². The number of nitrogens with one attached hydrogen (secondary N) is 1. The van der Waals surface area contributed by atoms with E-state index in [-0.39, 0.29) is 29.4 Å². The Hall–Kier alpha value is -2.15. The molecule has 6 nitrogen and oxygen atoms in total. The van der Waals surface area contributed by atoms with Gasteiger partial charge in [-0.25, -0.2) is 9.18 Å². The van der Waals surface area contributed by atoms with Crippen LogP contribution in [0.5, 0.6) is 0 Å². The second-order valence-corrected chi connectivity index (χ2v) is 4.81. The van der Waals surface area contributed by atoms with Crippen LogP contribution < -0.4 is 10.2 Å². The number of cyclic esters (lactones) is 1. The molecule has 8 heteroatoms. The van der Waals surface area contributed by atoms with E-state index in [0.29, 0.717) is 0 Å². The largest absolute Gasteiger partial charge is 0.442 e. The first kappa shape index (κ1) is 12.9. The van der Waals surface area contributed by atoms with E-state index >= 15 is 0 Å². The van der Waals surface area contributed by atoms with E-state index in [1.807, 2.05) is 0 Å². The smallest absolute Gasteiger partial charge is 0.407 e. The van der Waals surface area contributed by atoms with Crippen molar-refractivity contribution in [3.05, 3.63) is 28.5 Å². The Labute approximate surface area is 117 Å². The van der Waals surface area contributed by atoms with Gasteiger partial charge in [-0.05, 0) is 12.1 Å². The predicted octanol–water partition coefficient (Wildman–Crippen LogP) is 1.12. The third-order valence-electron chi connectivity index (χ3n) is 3.15. The van der Waals surface area contributed by atoms with Crippen LogP contribution in [0.2, 0.25) is 5.02 Å². The monoisotopic (exact) mass is 298 g/mol. The van der Waals surface area contributed by atoms with Crippen molar-refractivity contribution in [1.82, 2.24) is 5.32 Å². The van der Waals surface area contributed by atoms with E-state index in [4.69, 9.17) is 16.3 Å². The number of halogens is 2. The van der Waals surface area contributed by atoms with Gasteiger partial charge < -0.3 is 10.1 Å². The highest BCUT2D eigenvalue weighted by Gasteiger charge is 2.41. The maximum Gasteiger partial charge on any atom is 0.407 e. The number of fused-ring (bicyclic) bond motifs is 1. The minimum Gasteiger partial charge on any atom is -0.442 e. The second-order valence-electron chi connectivity index (χ2n) is 4.41. The number of rotatable bonds is 2. The number of amides is 2. The van der Waals surface area contributed by atoms with Gasteiger partial charge in [-0.1, -0.05) is 11.6 Å². The summed E-state index contributed by atoms with van der Waals surface area (Å²) in [6.45, 7) is 0.0852. The number of Topliss-reactive ketones (excluding diaryl/α,β-unsaturated/α-hetero) is 1. The number of carbonyl (C=O) groups excluding carboxylic acids is 3. The maximum absolute atomic E-state index is 13.9. The van der Waals surface area contributed by atoms with Gasteiger partial charge in [0.2, 0.25) is 0 Å². The molecule has 2 aliphatic heterocycles. The van der Waals surface area contributed by atoms with Crippen molar-refractivity contribution in [2.75, 3.05) is 18.0 Å². The Bertz CT molecular complexity index is 649. The first-order valence-corrected chi connectivity index (χ1v) is 6.15. The number of ether oxygens (including phenoxy) is 1. The SMILES string of the molecule is O=C1NCC(CN2C(=O)C(=O)c3c(Cl)ccc(F)c32)O1. The van der Waals surface area contributed by atoms with Gasteiger partial charge in [0.25, 0.3) is 11.7 Å². The zero-order valence-corrected chi connectivity index (χ0v) is 10.7. The lowest BCUT2D eigenvalue weighted by Crippen LogP contribution is -2.38. The molecule has 0 saturated carbocycles. The lowest BCUT2D eigenvalue weighted by Gasteiger charge is -2.19. The number of alkyl carbamates (subject to hydrolysis) is 1. The van der Waals surface area contributed by atoms with E-state index < -0.39 is 29.7 Å². The summed E-state index contributed by atoms with van der Waals surface area (Å²) in [5.41, 5.74) is -0.301. The quantitative estimate of drug-likeness (QED) is 0.830. The van der Waals surface area contributed by atoms with Crippen molar-refractivity contribution in [2.45, 2.75) is 6.10 Å². The molecule has 1 aromatic rings. The molecule has 2 aliphatic rings. The van der Waals surface area contributed by atoms with Gasteiger partial charge in [0.1, 0.15) is 11.9 Å². The molecule has 0 bridgehead atoms. The molecule has 2 heterocycles. The fourth-order valence-corrected chi connectivity index (χ4v) is 2.50. The van der Waals surface area contributed by atoms with Crippen LogP contribution in [-0.2, 0) is 9.53 Å². The van der Waals surface area contributed by atoms with Gasteiger partial charge in [-0.15, -0.1) is 0 Å². The summed E-state index contributed by atoms with van der Waals surface area (Å²) in [5, 5.41) is 2.43. The summed E-state index contributed by atoms with van der Waals surface area (Å²) >= 11 is 5.84. The molecular weight excluding hydrogens is 291 g/mol. The number of nitrogens with zero attached hydrogens (tertiary/aromatic N) is 1. The molecule has 1 N–H and O–H groups in total. The minimum absolute atomic E-state index is 0.0174. The van der Waals surface area contributed by atoms with Crippen molar-refractivity contribution in [1.29, 1.82) is 0 Å². The summed E-state index contributed by atoms with van der Waals surface area (Å²) in [7, 11) is 0. The lowest BCUT2D eigenvalue weighted by atomic mass is 10.1. The number of benzene rings is 1. The van der Waals surface area contributed by atoms with Crippen LogP contribution in [0, 0.1) is 5.82 Å². The van der Waals surface area contributed by atoms with Crippen LogP contribution in [0.15, 0.2) is 12.1 Å². The zero-order chi connectivity index (χ0) is 14.4. The van der Waals surface area contributed by atoms with Crippen molar-refractivity contribution >= 4 is 35.1 Å². The standard InChI is InChI=1S/C12H8ClFN2O4/c13-6-1-2-7(14)9-8(6)10(17)11(18)16(9)4-5-3-15-12(19)20-5/h1-2,5H,3-4H2,(H,15,19). The van der Waals surface area contributed by atoms with Crippen LogP contribution in [-0.4, -0.2) is 37.0 Å². The fourth-order valence-electron chi connectivity index (χ4n) is 2.26. The van der Waals surface area contributed by atoms with E-state index in [0.717, 1.165) is 11.0 Å². The number of ketones is 1. The van der Waals surface area contributed by atoms with Crippen LogP contribution in [0.3, 0.4) is 0 Å². The van der Waals surface area contributed by atoms with E-state index in [1.54, 1.807) is 0 Å². The molecule has 1 unspecified atom stereocenters. The Morgan fingerprint density at radius 1 is 1.40 bits per heavy atom. The Balaban J connectivity index is 1.98. The molecule has 3 rings (SSSR count). The first-order valence-electron chi connectivity index (χ1n) is 5.77. The third kappa shape index (κ3) is 1.82. The van der Waals surface area contributed by atoms with E-state index in [9.17, 15) is 18.8 Å². The molecular formula is C12H8ClFN2O4. The normalized spacial score (nSPS) is 21.0. The summed E-state index contributed by atoms with van der Waals surface area (Å²) < 4.78 is 18.8. The minimum atomic E-state index is -0.880. The summed E-state index contributed by atoms with van der Waals surface area (Å²) in [5.74, 6) is -2.46. The van der Waals surface area contributed by atoms with Crippen LogP contribution in [0.4, 0.5) is 14.9 Å². The van der Waals surface area contributed by atoms with E-state index in [2.05, 4.69) is 5.32 Å². The highest BCUT2D eigenvalue weighted by atomic mass is 35.5. The van der Waals surface area contributed by atoms with Crippen LogP contribution in [0.25, 0.3) is 0 Å². The molecule has 104 valence electrons. The Kier molecular flexibility index (Phi) is 2.86. The molecule has 0 aromatic heterocycles. The second kappa shape index (κ2) is 4.45. The van der Waals surface area contributed by atoms with Gasteiger partial charge in [0.05, 0.1) is 29.4 Å². The van der Waals surface area contributed by atoms with Crippen LogP contribution in [0.1, 0.15) is 10.4 Å². The fraction of sp³-hybridized carbons (Fsp3) is 0.250. The molecule has 1 aromatic carbocycles. The maximum atomic E-state index is 13.9. The predicted molar refractivity (Wildman–Crippen MR) is 66.4 cm³/mol. The van der Waals surface area contributed by atoms with Gasteiger partial charge in [-0.2, -0.15) is 0 Å². The topological polar surface area (TPSA) is 75.7 Å². The highest BCUT2D eigenvalue weighted by molar-refractivity contribution is 6.55. The number of anilines is 1. The van der Waals surface area contributed by atoms with Gasteiger partial charge >= 0.3 is 6.09 Å². The highest BCUT2D eigenvalue weighted by Crippen LogP contribution is 2.36. The lowest BCUT2D eigenvalue weighted by molar-refractivity contribution is -0.114. The first-order chi connectivity index (χ1) is 9.49. The van der Waals surface area contributed by atoms with Crippen molar-refractivity contribution in [3.63, 3.8) is 0 Å². The number of hydrogen-bond acceptors (Lipinski definition) is 4. The Morgan fingerprint density at radius 2 is 2.15 bits per heavy atom. The van der Waals surface area contributed by atoms with Gasteiger partial charge in [0.15, 0.2) is 0 Å². The molecule has 1 saturated heterocycles. The molecule has 0 radical (unpaired) electrons.